The number of likely N-dealkylation sites (tertiary alicyclic amines) is 1. The van der Waals surface area contributed by atoms with Gasteiger partial charge in [-0.1, -0.05) is 38.1 Å². The summed E-state index contributed by atoms with van der Waals surface area (Å²) in [6, 6.07) is 6.59. The smallest absolute Gasteiger partial charge is 0.243 e. The van der Waals surface area contributed by atoms with E-state index in [0.29, 0.717) is 24.6 Å². The third kappa shape index (κ3) is 7.76. The second kappa shape index (κ2) is 13.5. The molecule has 8 nitrogen and oxygen atoms in total. The standard InChI is InChI=1S/C26H38N4O4S2/c1-16(2)5-10-23(32)29-21(14-35-4)26(34)30-13-20(31)11-22(30)25(33)27-12-18-6-8-19(9-7-18)24-17(3)28-15-36-24/h6-9,15-16,20-23,29,31-32H,5,10-14H2,1-4H3,(H,27,33)/t20-,21+,22+,23?/m1/s1. The van der Waals surface area contributed by atoms with Crippen molar-refractivity contribution >= 4 is 34.9 Å². The van der Waals surface area contributed by atoms with Gasteiger partial charge in [0.05, 0.1) is 28.2 Å². The molecule has 198 valence electrons. The SMILES string of the molecule is CSC[C@H](NC(O)CCC(C)C)C(=O)N1C[C@H](O)C[C@H]1C(=O)NCc1ccc(-c2scnc2C)cc1. The molecule has 1 saturated heterocycles. The van der Waals surface area contributed by atoms with E-state index in [9.17, 15) is 19.8 Å². The molecule has 0 aliphatic carbocycles. The lowest BCUT2D eigenvalue weighted by atomic mass is 10.1. The Labute approximate surface area is 221 Å². The fourth-order valence-corrected chi connectivity index (χ4v) is 5.71. The van der Waals surface area contributed by atoms with Crippen LogP contribution >= 0.6 is 23.1 Å². The van der Waals surface area contributed by atoms with E-state index in [1.54, 1.807) is 11.3 Å². The summed E-state index contributed by atoms with van der Waals surface area (Å²) in [5, 5.41) is 26.6. The molecule has 2 aromatic rings. The Morgan fingerprint density at radius 3 is 2.58 bits per heavy atom. The predicted molar refractivity (Wildman–Crippen MR) is 146 cm³/mol. The van der Waals surface area contributed by atoms with Gasteiger partial charge < -0.3 is 20.4 Å². The second-order valence-corrected chi connectivity index (χ2v) is 11.5. The third-order valence-electron chi connectivity index (χ3n) is 6.34. The molecule has 4 N–H and O–H groups in total. The Morgan fingerprint density at radius 2 is 1.97 bits per heavy atom. The maximum Gasteiger partial charge on any atom is 0.243 e. The number of hydrogen-bond donors (Lipinski definition) is 4. The quantitative estimate of drug-likeness (QED) is 0.310. The van der Waals surface area contributed by atoms with Gasteiger partial charge in [0.25, 0.3) is 0 Å². The third-order valence-corrected chi connectivity index (χ3v) is 7.98. The first kappa shape index (κ1) is 28.6. The Hall–Kier alpha value is -1.98. The minimum Gasteiger partial charge on any atom is -0.391 e. The lowest BCUT2D eigenvalue weighted by Gasteiger charge is -2.29. The summed E-state index contributed by atoms with van der Waals surface area (Å²) in [4.78, 5) is 33.3. The first-order valence-electron chi connectivity index (χ1n) is 12.4. The van der Waals surface area contributed by atoms with E-state index in [2.05, 4.69) is 29.5 Å². The molecule has 1 unspecified atom stereocenters. The van der Waals surface area contributed by atoms with Gasteiger partial charge >= 0.3 is 0 Å². The maximum absolute atomic E-state index is 13.4. The van der Waals surface area contributed by atoms with Crippen LogP contribution in [0.1, 0.15) is 44.4 Å². The summed E-state index contributed by atoms with van der Waals surface area (Å²) in [7, 11) is 0. The van der Waals surface area contributed by atoms with Crippen LogP contribution in [0.25, 0.3) is 10.4 Å². The zero-order valence-corrected chi connectivity index (χ0v) is 23.1. The highest BCUT2D eigenvalue weighted by atomic mass is 32.2. The molecule has 0 spiro atoms. The van der Waals surface area contributed by atoms with Crippen molar-refractivity contribution in [2.24, 2.45) is 5.92 Å². The van der Waals surface area contributed by atoms with Gasteiger partial charge in [0, 0.05) is 25.3 Å². The van der Waals surface area contributed by atoms with Gasteiger partial charge in [-0.05, 0) is 43.1 Å². The van der Waals surface area contributed by atoms with Crippen LogP contribution in [0, 0.1) is 12.8 Å². The van der Waals surface area contributed by atoms with Gasteiger partial charge in [-0.25, -0.2) is 4.98 Å². The van der Waals surface area contributed by atoms with Gasteiger partial charge in [-0.3, -0.25) is 14.9 Å². The number of amides is 2. The molecule has 2 heterocycles. The number of hydrogen-bond acceptors (Lipinski definition) is 8. The molecule has 1 aromatic heterocycles. The number of rotatable bonds is 12. The van der Waals surface area contributed by atoms with Gasteiger partial charge in [-0.15, -0.1) is 11.3 Å². The van der Waals surface area contributed by atoms with E-state index in [1.807, 2.05) is 43.0 Å². The van der Waals surface area contributed by atoms with Crippen molar-refractivity contribution in [1.82, 2.24) is 20.5 Å². The van der Waals surface area contributed by atoms with Crippen molar-refractivity contribution in [3.63, 3.8) is 0 Å². The van der Waals surface area contributed by atoms with Gasteiger partial charge in [-0.2, -0.15) is 11.8 Å². The summed E-state index contributed by atoms with van der Waals surface area (Å²) >= 11 is 3.09. The normalized spacial score (nSPS) is 19.5. The Balaban J connectivity index is 1.60. The number of aryl methyl sites for hydroxylation is 1. The van der Waals surface area contributed by atoms with Gasteiger partial charge in [0.1, 0.15) is 12.3 Å². The summed E-state index contributed by atoms with van der Waals surface area (Å²) in [6.45, 7) is 6.59. The zero-order chi connectivity index (χ0) is 26.2. The lowest BCUT2D eigenvalue weighted by molar-refractivity contribution is -0.140. The molecule has 0 radical (unpaired) electrons. The number of thiazole rings is 1. The zero-order valence-electron chi connectivity index (χ0n) is 21.4. The molecule has 2 amide bonds. The van der Waals surface area contributed by atoms with Crippen LogP contribution < -0.4 is 10.6 Å². The van der Waals surface area contributed by atoms with Crippen molar-refractivity contribution < 1.29 is 19.8 Å². The summed E-state index contributed by atoms with van der Waals surface area (Å²) in [6.07, 6.45) is 1.92. The van der Waals surface area contributed by atoms with Crippen LogP contribution in [-0.4, -0.2) is 74.9 Å². The van der Waals surface area contributed by atoms with Crippen LogP contribution in [0.5, 0.6) is 0 Å². The van der Waals surface area contributed by atoms with E-state index in [1.165, 1.54) is 16.7 Å². The molecule has 0 bridgehead atoms. The molecular formula is C26H38N4O4S2. The number of aliphatic hydroxyl groups excluding tert-OH is 2. The van der Waals surface area contributed by atoms with E-state index in [0.717, 1.165) is 28.1 Å². The van der Waals surface area contributed by atoms with Crippen LogP contribution in [0.2, 0.25) is 0 Å². The van der Waals surface area contributed by atoms with Crippen LogP contribution in [0.3, 0.4) is 0 Å². The highest BCUT2D eigenvalue weighted by molar-refractivity contribution is 7.98. The van der Waals surface area contributed by atoms with E-state index < -0.39 is 24.4 Å². The molecule has 3 rings (SSSR count). The number of carbonyl (C=O) groups excluding carboxylic acids is 2. The van der Waals surface area contributed by atoms with E-state index >= 15 is 0 Å². The Morgan fingerprint density at radius 1 is 1.25 bits per heavy atom. The molecule has 0 saturated carbocycles. The molecule has 10 heteroatoms. The van der Waals surface area contributed by atoms with E-state index in [-0.39, 0.29) is 24.8 Å². The van der Waals surface area contributed by atoms with Gasteiger partial charge in [0.15, 0.2) is 0 Å². The molecule has 4 atom stereocenters. The fraction of sp³-hybridized carbons (Fsp3) is 0.577. The monoisotopic (exact) mass is 534 g/mol. The molecule has 36 heavy (non-hydrogen) atoms. The number of aromatic nitrogens is 1. The number of benzene rings is 1. The van der Waals surface area contributed by atoms with Crippen molar-refractivity contribution in [2.75, 3.05) is 18.6 Å². The first-order chi connectivity index (χ1) is 17.2. The molecule has 1 fully saturated rings. The number of aliphatic hydroxyl groups is 2. The average Bonchev–Trinajstić information content (AvgIpc) is 3.46. The Kier molecular flexibility index (Phi) is 10.7. The van der Waals surface area contributed by atoms with Crippen molar-refractivity contribution in [3.8, 4) is 10.4 Å². The minimum atomic E-state index is -0.801. The predicted octanol–water partition coefficient (Wildman–Crippen LogP) is 2.77. The van der Waals surface area contributed by atoms with Gasteiger partial charge in [0.2, 0.25) is 11.8 Å². The van der Waals surface area contributed by atoms with Crippen molar-refractivity contribution in [1.29, 1.82) is 0 Å². The largest absolute Gasteiger partial charge is 0.391 e. The van der Waals surface area contributed by atoms with Crippen LogP contribution in [0.4, 0.5) is 0 Å². The first-order valence-corrected chi connectivity index (χ1v) is 14.7. The lowest BCUT2D eigenvalue weighted by Crippen LogP contribution is -2.55. The summed E-state index contributed by atoms with van der Waals surface area (Å²) in [5.74, 6) is 0.356. The summed E-state index contributed by atoms with van der Waals surface area (Å²) in [5.41, 5.74) is 4.85. The molecular weight excluding hydrogens is 496 g/mol. The minimum absolute atomic E-state index is 0.106. The Bertz CT molecular complexity index is 998. The highest BCUT2D eigenvalue weighted by Gasteiger charge is 2.41. The van der Waals surface area contributed by atoms with E-state index in [4.69, 9.17) is 0 Å². The van der Waals surface area contributed by atoms with Crippen molar-refractivity contribution in [2.45, 2.75) is 71.0 Å². The highest BCUT2D eigenvalue weighted by Crippen LogP contribution is 2.27. The number of carbonyl (C=O) groups is 2. The molecule has 1 aliphatic heterocycles. The average molecular weight is 535 g/mol. The van der Waals surface area contributed by atoms with Crippen LogP contribution in [-0.2, 0) is 16.1 Å². The maximum atomic E-state index is 13.4. The second-order valence-electron chi connectivity index (χ2n) is 9.74. The topological polar surface area (TPSA) is 115 Å². The number of nitrogens with one attached hydrogen (secondary N) is 2. The molecule has 1 aromatic carbocycles. The van der Waals surface area contributed by atoms with Crippen molar-refractivity contribution in [3.05, 3.63) is 41.0 Å². The van der Waals surface area contributed by atoms with Crippen LogP contribution in [0.15, 0.2) is 29.8 Å². The molecule has 1 aliphatic rings. The fourth-order valence-electron chi connectivity index (χ4n) is 4.33. The summed E-state index contributed by atoms with van der Waals surface area (Å²) < 4.78 is 0. The number of thioether (sulfide) groups is 1. The number of β-amino-alcohol motifs (C(OH)–C–C–N with tert-alkyl or cyclic N) is 1. The number of nitrogens with zero attached hydrogens (tertiary/aromatic N) is 2.